The zero-order valence-electron chi connectivity index (χ0n) is 15.3. The Hall–Kier alpha value is -2.40. The lowest BCUT2D eigenvalue weighted by molar-refractivity contribution is 0.122. The summed E-state index contributed by atoms with van der Waals surface area (Å²) in [6.07, 6.45) is 0. The molecule has 1 fully saturated rings. The van der Waals surface area contributed by atoms with Crippen LogP contribution in [0.5, 0.6) is 0 Å². The van der Waals surface area contributed by atoms with Gasteiger partial charge in [-0.05, 0) is 29.3 Å². The summed E-state index contributed by atoms with van der Waals surface area (Å²) in [5.74, 6) is -0.0884. The summed E-state index contributed by atoms with van der Waals surface area (Å²) in [7, 11) is -1.87. The molecule has 27 heavy (non-hydrogen) atoms. The molecule has 1 aliphatic rings. The van der Waals surface area contributed by atoms with Crippen LogP contribution >= 0.6 is 0 Å². The molecule has 0 radical (unpaired) electrons. The Morgan fingerprint density at radius 3 is 2.44 bits per heavy atom. The average Bonchev–Trinajstić information content (AvgIpc) is 2.69. The lowest BCUT2D eigenvalue weighted by Gasteiger charge is -2.31. The van der Waals surface area contributed by atoms with Gasteiger partial charge in [0.25, 0.3) is 0 Å². The molecule has 2 aromatic carbocycles. The van der Waals surface area contributed by atoms with Crippen molar-refractivity contribution in [3.8, 4) is 6.07 Å². The zero-order valence-corrected chi connectivity index (χ0v) is 16.2. The van der Waals surface area contributed by atoms with Crippen LogP contribution in [0.15, 0.2) is 48.5 Å². The molecule has 0 saturated carbocycles. The van der Waals surface area contributed by atoms with E-state index in [-0.39, 0.29) is 5.75 Å². The number of ether oxygens (including phenoxy) is 1. The van der Waals surface area contributed by atoms with Crippen LogP contribution in [0.1, 0.15) is 16.7 Å². The van der Waals surface area contributed by atoms with Gasteiger partial charge in [0, 0.05) is 32.4 Å². The predicted octanol–water partition coefficient (Wildman–Crippen LogP) is 2.36. The van der Waals surface area contributed by atoms with Crippen molar-refractivity contribution in [3.05, 3.63) is 65.2 Å². The highest BCUT2D eigenvalue weighted by atomic mass is 32.2. The highest BCUT2D eigenvalue weighted by Gasteiger charge is 2.21. The third-order valence-electron chi connectivity index (χ3n) is 4.64. The van der Waals surface area contributed by atoms with Gasteiger partial charge in [-0.1, -0.05) is 30.3 Å². The molecular weight excluding hydrogens is 362 g/mol. The standard InChI is InChI=1S/C20H23N3O3S/c1-22(27(24,25)16-18-8-6-17(14-21)7-9-18)15-19-4-2-3-5-20(19)23-10-12-26-13-11-23/h2-9H,10-13,15-16H2,1H3. The first-order chi connectivity index (χ1) is 13.0. The van der Waals surface area contributed by atoms with Gasteiger partial charge in [-0.15, -0.1) is 0 Å². The topological polar surface area (TPSA) is 73.6 Å². The predicted molar refractivity (Wildman–Crippen MR) is 105 cm³/mol. The molecule has 0 N–H and O–H groups in total. The highest BCUT2D eigenvalue weighted by molar-refractivity contribution is 7.88. The number of para-hydroxylation sites is 1. The number of benzene rings is 2. The third kappa shape index (κ3) is 4.86. The first kappa shape index (κ1) is 19.4. The Morgan fingerprint density at radius 1 is 1.11 bits per heavy atom. The molecule has 7 heteroatoms. The fraction of sp³-hybridized carbons (Fsp3) is 0.350. The third-order valence-corrected chi connectivity index (χ3v) is 6.42. The summed E-state index contributed by atoms with van der Waals surface area (Å²) in [4.78, 5) is 2.24. The number of sulfonamides is 1. The highest BCUT2D eigenvalue weighted by Crippen LogP contribution is 2.24. The Labute approximate surface area is 160 Å². The summed E-state index contributed by atoms with van der Waals surface area (Å²) in [5, 5.41) is 8.86. The summed E-state index contributed by atoms with van der Waals surface area (Å²) in [5.41, 5.74) is 3.22. The van der Waals surface area contributed by atoms with Crippen LogP contribution < -0.4 is 4.90 Å². The molecule has 1 heterocycles. The molecule has 0 amide bonds. The first-order valence-corrected chi connectivity index (χ1v) is 10.4. The maximum Gasteiger partial charge on any atom is 0.218 e. The van der Waals surface area contributed by atoms with E-state index in [0.717, 1.165) is 24.3 Å². The number of hydrogen-bond donors (Lipinski definition) is 0. The van der Waals surface area contributed by atoms with Crippen LogP contribution in [-0.4, -0.2) is 46.1 Å². The molecule has 0 aromatic heterocycles. The minimum Gasteiger partial charge on any atom is -0.378 e. The second-order valence-corrected chi connectivity index (χ2v) is 8.62. The van der Waals surface area contributed by atoms with E-state index in [9.17, 15) is 8.42 Å². The van der Waals surface area contributed by atoms with Crippen molar-refractivity contribution < 1.29 is 13.2 Å². The maximum absolute atomic E-state index is 12.8. The van der Waals surface area contributed by atoms with E-state index in [1.165, 1.54) is 4.31 Å². The summed E-state index contributed by atoms with van der Waals surface area (Å²) < 4.78 is 32.4. The Kier molecular flexibility index (Phi) is 6.11. The molecule has 2 aromatic rings. The van der Waals surface area contributed by atoms with Crippen molar-refractivity contribution in [1.82, 2.24) is 4.31 Å². The van der Waals surface area contributed by atoms with Crippen molar-refractivity contribution in [3.63, 3.8) is 0 Å². The number of rotatable bonds is 6. The molecule has 0 spiro atoms. The van der Waals surface area contributed by atoms with Gasteiger partial charge >= 0.3 is 0 Å². The SMILES string of the molecule is CN(Cc1ccccc1N1CCOCC1)S(=O)(=O)Cc1ccc(C#N)cc1. The Morgan fingerprint density at radius 2 is 1.78 bits per heavy atom. The quantitative estimate of drug-likeness (QED) is 0.763. The van der Waals surface area contributed by atoms with Gasteiger partial charge in [0.15, 0.2) is 0 Å². The van der Waals surface area contributed by atoms with Crippen LogP contribution in [0, 0.1) is 11.3 Å². The van der Waals surface area contributed by atoms with Gasteiger partial charge in [-0.2, -0.15) is 5.26 Å². The lowest BCUT2D eigenvalue weighted by Crippen LogP contribution is -2.37. The Balaban J connectivity index is 1.74. The summed E-state index contributed by atoms with van der Waals surface area (Å²) in [6, 6.07) is 16.6. The number of morpholine rings is 1. The lowest BCUT2D eigenvalue weighted by atomic mass is 10.1. The smallest absolute Gasteiger partial charge is 0.218 e. The minimum atomic E-state index is -3.47. The molecule has 0 aliphatic carbocycles. The van der Waals surface area contributed by atoms with Gasteiger partial charge in [0.1, 0.15) is 0 Å². The van der Waals surface area contributed by atoms with E-state index in [2.05, 4.69) is 4.90 Å². The fourth-order valence-electron chi connectivity index (χ4n) is 3.09. The van der Waals surface area contributed by atoms with Crippen molar-refractivity contribution in [1.29, 1.82) is 5.26 Å². The van der Waals surface area contributed by atoms with Crippen LogP contribution in [-0.2, 0) is 27.1 Å². The molecule has 1 saturated heterocycles. The van der Waals surface area contributed by atoms with Crippen molar-refractivity contribution in [2.75, 3.05) is 38.3 Å². The number of anilines is 1. The van der Waals surface area contributed by atoms with Crippen LogP contribution in [0.25, 0.3) is 0 Å². The van der Waals surface area contributed by atoms with Crippen LogP contribution in [0.4, 0.5) is 5.69 Å². The average molecular weight is 385 g/mol. The largest absolute Gasteiger partial charge is 0.378 e. The van der Waals surface area contributed by atoms with Gasteiger partial charge in [0.2, 0.25) is 10.0 Å². The normalized spacial score (nSPS) is 14.9. The molecule has 0 bridgehead atoms. The fourth-order valence-corrected chi connectivity index (χ4v) is 4.26. The summed E-state index contributed by atoms with van der Waals surface area (Å²) in [6.45, 7) is 3.28. The van der Waals surface area contributed by atoms with Crippen molar-refractivity contribution in [2.24, 2.45) is 0 Å². The number of nitriles is 1. The molecule has 3 rings (SSSR count). The van der Waals surface area contributed by atoms with E-state index in [4.69, 9.17) is 10.00 Å². The van der Waals surface area contributed by atoms with E-state index < -0.39 is 10.0 Å². The molecular formula is C20H23N3O3S. The monoisotopic (exact) mass is 385 g/mol. The van der Waals surface area contributed by atoms with E-state index in [1.54, 1.807) is 31.3 Å². The molecule has 0 atom stereocenters. The second kappa shape index (κ2) is 8.53. The summed E-state index contributed by atoms with van der Waals surface area (Å²) >= 11 is 0. The van der Waals surface area contributed by atoms with Crippen molar-refractivity contribution >= 4 is 15.7 Å². The molecule has 6 nitrogen and oxygen atoms in total. The van der Waals surface area contributed by atoms with Gasteiger partial charge in [-0.25, -0.2) is 12.7 Å². The van der Waals surface area contributed by atoms with Gasteiger partial charge in [0.05, 0.1) is 30.6 Å². The van der Waals surface area contributed by atoms with Gasteiger partial charge in [-0.3, -0.25) is 0 Å². The van der Waals surface area contributed by atoms with Gasteiger partial charge < -0.3 is 9.64 Å². The number of hydrogen-bond acceptors (Lipinski definition) is 5. The number of nitrogens with zero attached hydrogens (tertiary/aromatic N) is 3. The van der Waals surface area contributed by atoms with E-state index in [0.29, 0.717) is 30.9 Å². The zero-order chi connectivity index (χ0) is 19.3. The maximum atomic E-state index is 12.8. The molecule has 1 aliphatic heterocycles. The Bertz CT molecular complexity index is 914. The first-order valence-electron chi connectivity index (χ1n) is 8.83. The van der Waals surface area contributed by atoms with Crippen LogP contribution in [0.2, 0.25) is 0 Å². The van der Waals surface area contributed by atoms with Crippen molar-refractivity contribution in [2.45, 2.75) is 12.3 Å². The minimum absolute atomic E-state index is 0.0884. The second-order valence-electron chi connectivity index (χ2n) is 6.55. The molecule has 0 unspecified atom stereocenters. The van der Waals surface area contributed by atoms with E-state index >= 15 is 0 Å². The van der Waals surface area contributed by atoms with E-state index in [1.807, 2.05) is 30.3 Å². The van der Waals surface area contributed by atoms with Crippen LogP contribution in [0.3, 0.4) is 0 Å². The molecule has 142 valence electrons.